The third-order valence-electron chi connectivity index (χ3n) is 3.74. The van der Waals surface area contributed by atoms with E-state index in [9.17, 15) is 9.59 Å². The highest BCUT2D eigenvalue weighted by atomic mass is 32.1. The van der Waals surface area contributed by atoms with E-state index in [0.29, 0.717) is 16.2 Å². The summed E-state index contributed by atoms with van der Waals surface area (Å²) in [5, 5.41) is 9.37. The van der Waals surface area contributed by atoms with Crippen LogP contribution in [-0.4, -0.2) is 35.2 Å². The molecule has 0 aliphatic carbocycles. The zero-order valence-corrected chi connectivity index (χ0v) is 14.5. The van der Waals surface area contributed by atoms with Crippen LogP contribution in [0.5, 0.6) is 0 Å². The molecule has 1 amide bonds. The van der Waals surface area contributed by atoms with Crippen molar-refractivity contribution in [1.29, 1.82) is 0 Å². The average Bonchev–Trinajstić information content (AvgIpc) is 3.26. The maximum absolute atomic E-state index is 12.4. The second kappa shape index (κ2) is 6.48. The summed E-state index contributed by atoms with van der Waals surface area (Å²) in [7, 11) is 1.70. The Morgan fingerprint density at radius 2 is 2.23 bits per heavy atom. The van der Waals surface area contributed by atoms with Crippen LogP contribution in [-0.2, 0) is 18.4 Å². The lowest BCUT2D eigenvalue weighted by Crippen LogP contribution is -2.27. The van der Waals surface area contributed by atoms with Crippen LogP contribution in [0.1, 0.15) is 0 Å². The quantitative estimate of drug-likeness (QED) is 0.582. The van der Waals surface area contributed by atoms with E-state index >= 15 is 0 Å². The molecule has 0 aliphatic heterocycles. The molecule has 4 rings (SSSR count). The lowest BCUT2D eigenvalue weighted by atomic mass is 10.2. The van der Waals surface area contributed by atoms with Crippen molar-refractivity contribution in [2.24, 2.45) is 7.05 Å². The number of aromatic nitrogens is 6. The normalized spacial score (nSPS) is 11.0. The molecule has 0 saturated carbocycles. The molecule has 26 heavy (non-hydrogen) atoms. The molecule has 0 spiro atoms. The van der Waals surface area contributed by atoms with Gasteiger partial charge in [0.15, 0.2) is 10.8 Å². The maximum atomic E-state index is 12.4. The van der Waals surface area contributed by atoms with Crippen molar-refractivity contribution in [2.75, 3.05) is 5.32 Å². The number of carbonyl (C=O) groups excluding carboxylic acids is 1. The summed E-state index contributed by atoms with van der Waals surface area (Å²) < 4.78 is 2.76. The van der Waals surface area contributed by atoms with Crippen molar-refractivity contribution in [2.45, 2.75) is 6.54 Å². The lowest BCUT2D eigenvalue weighted by molar-refractivity contribution is -0.116. The first-order valence-corrected chi connectivity index (χ1v) is 8.53. The fraction of sp³-hybridized carbons (Fsp3) is 0.125. The minimum Gasteiger partial charge on any atom is -0.300 e. The van der Waals surface area contributed by atoms with Gasteiger partial charge in [0.05, 0.1) is 11.9 Å². The number of nitrogens with zero attached hydrogens (tertiary/aromatic N) is 6. The summed E-state index contributed by atoms with van der Waals surface area (Å²) in [5.74, 6) is -0.357. The van der Waals surface area contributed by atoms with Crippen LogP contribution in [0.4, 0.5) is 5.13 Å². The third-order valence-corrected chi connectivity index (χ3v) is 4.50. The van der Waals surface area contributed by atoms with Gasteiger partial charge in [-0.1, -0.05) is 0 Å². The number of rotatable bonds is 4. The number of nitrogens with one attached hydrogen (secondary N) is 1. The number of thiazole rings is 1. The molecular weight excluding hydrogens is 354 g/mol. The van der Waals surface area contributed by atoms with Gasteiger partial charge in [-0.3, -0.25) is 23.8 Å². The summed E-state index contributed by atoms with van der Waals surface area (Å²) >= 11 is 1.31. The molecule has 0 unspecified atom stereocenters. The van der Waals surface area contributed by atoms with Gasteiger partial charge in [-0.15, -0.1) is 11.3 Å². The molecule has 0 saturated heterocycles. The number of hydrogen-bond donors (Lipinski definition) is 1. The van der Waals surface area contributed by atoms with Crippen molar-refractivity contribution in [3.8, 4) is 11.3 Å². The largest absolute Gasteiger partial charge is 0.300 e. The Kier molecular flexibility index (Phi) is 4.01. The zero-order chi connectivity index (χ0) is 18.1. The molecule has 0 radical (unpaired) electrons. The van der Waals surface area contributed by atoms with E-state index in [0.717, 1.165) is 11.3 Å². The van der Waals surface area contributed by atoms with E-state index in [1.165, 1.54) is 33.1 Å². The highest BCUT2D eigenvalue weighted by Gasteiger charge is 2.12. The molecule has 9 nitrogen and oxygen atoms in total. The van der Waals surface area contributed by atoms with Gasteiger partial charge in [-0.05, 0) is 12.1 Å². The molecule has 0 atom stereocenters. The molecule has 4 aromatic rings. The first-order chi connectivity index (χ1) is 12.6. The summed E-state index contributed by atoms with van der Waals surface area (Å²) in [6.07, 6.45) is 6.17. The van der Waals surface area contributed by atoms with E-state index in [2.05, 4.69) is 25.4 Å². The minimum atomic E-state index is -0.357. The van der Waals surface area contributed by atoms with Crippen molar-refractivity contribution in [3.05, 3.63) is 52.8 Å². The second-order valence-electron chi connectivity index (χ2n) is 5.51. The van der Waals surface area contributed by atoms with Crippen LogP contribution in [0.15, 0.2) is 47.2 Å². The zero-order valence-electron chi connectivity index (χ0n) is 13.7. The molecule has 1 N–H and O–H groups in total. The highest BCUT2D eigenvalue weighted by Crippen LogP contribution is 2.23. The van der Waals surface area contributed by atoms with Crippen LogP contribution in [0.2, 0.25) is 0 Å². The van der Waals surface area contributed by atoms with Gasteiger partial charge < -0.3 is 5.32 Å². The van der Waals surface area contributed by atoms with Crippen LogP contribution in [0, 0.1) is 0 Å². The Balaban J connectivity index is 1.50. The first kappa shape index (κ1) is 16.1. The van der Waals surface area contributed by atoms with Crippen LogP contribution in [0.25, 0.3) is 22.3 Å². The molecule has 0 aromatic carbocycles. The number of hydrogen-bond acceptors (Lipinski definition) is 7. The maximum Gasteiger partial charge on any atom is 0.264 e. The van der Waals surface area contributed by atoms with Gasteiger partial charge in [-0.2, -0.15) is 5.10 Å². The second-order valence-corrected chi connectivity index (χ2v) is 6.37. The summed E-state index contributed by atoms with van der Waals surface area (Å²) in [5.41, 5.74) is 1.77. The summed E-state index contributed by atoms with van der Waals surface area (Å²) in [4.78, 5) is 37.2. The predicted molar refractivity (Wildman–Crippen MR) is 96.7 cm³/mol. The number of aryl methyl sites for hydroxylation is 1. The van der Waals surface area contributed by atoms with Crippen molar-refractivity contribution in [1.82, 2.24) is 29.3 Å². The first-order valence-electron chi connectivity index (χ1n) is 7.65. The predicted octanol–water partition coefficient (Wildman–Crippen LogP) is 1.29. The van der Waals surface area contributed by atoms with E-state index in [1.807, 2.05) is 17.5 Å². The Bertz CT molecular complexity index is 1150. The molecule has 0 aliphatic rings. The Labute approximate surface area is 151 Å². The van der Waals surface area contributed by atoms with Gasteiger partial charge in [0.1, 0.15) is 18.3 Å². The van der Waals surface area contributed by atoms with Gasteiger partial charge >= 0.3 is 0 Å². The Hall–Kier alpha value is -3.40. The van der Waals surface area contributed by atoms with Gasteiger partial charge in [0, 0.05) is 30.4 Å². The minimum absolute atomic E-state index is 0.154. The molecule has 4 heterocycles. The molecule has 0 fully saturated rings. The molecule has 0 bridgehead atoms. The number of amides is 1. The Morgan fingerprint density at radius 3 is 3.04 bits per heavy atom. The van der Waals surface area contributed by atoms with Crippen LogP contribution < -0.4 is 10.9 Å². The Morgan fingerprint density at radius 1 is 1.35 bits per heavy atom. The number of pyridine rings is 1. The standard InChI is InChI=1S/C16H13N7O2S/c1-22-14-11(6-19-22)15(25)23(9-18-14)7-13(24)21-16-20-12(8-26-16)10-3-2-4-17-5-10/h2-6,8-9H,7H2,1H3,(H,20,21,24). The van der Waals surface area contributed by atoms with E-state index < -0.39 is 0 Å². The van der Waals surface area contributed by atoms with Crippen molar-refractivity contribution < 1.29 is 4.79 Å². The number of carbonyl (C=O) groups is 1. The monoisotopic (exact) mass is 367 g/mol. The van der Waals surface area contributed by atoms with E-state index in [-0.39, 0.29) is 18.0 Å². The third kappa shape index (κ3) is 2.97. The molecular formula is C16H13N7O2S. The van der Waals surface area contributed by atoms with Gasteiger partial charge in [-0.25, -0.2) is 9.97 Å². The molecule has 10 heteroatoms. The van der Waals surface area contributed by atoms with Crippen molar-refractivity contribution >= 4 is 33.4 Å². The van der Waals surface area contributed by atoms with E-state index in [4.69, 9.17) is 0 Å². The lowest BCUT2D eigenvalue weighted by Gasteiger charge is -2.05. The smallest absolute Gasteiger partial charge is 0.264 e. The number of anilines is 1. The van der Waals surface area contributed by atoms with Crippen LogP contribution >= 0.6 is 11.3 Å². The van der Waals surface area contributed by atoms with E-state index in [1.54, 1.807) is 19.4 Å². The van der Waals surface area contributed by atoms with Crippen LogP contribution in [0.3, 0.4) is 0 Å². The van der Waals surface area contributed by atoms with Gasteiger partial charge in [0.2, 0.25) is 5.91 Å². The summed E-state index contributed by atoms with van der Waals surface area (Å²) in [6.45, 7) is -0.154. The summed E-state index contributed by atoms with van der Waals surface area (Å²) in [6, 6.07) is 3.71. The number of fused-ring (bicyclic) bond motifs is 1. The van der Waals surface area contributed by atoms with Gasteiger partial charge in [0.25, 0.3) is 5.56 Å². The highest BCUT2D eigenvalue weighted by molar-refractivity contribution is 7.14. The van der Waals surface area contributed by atoms with Crippen molar-refractivity contribution in [3.63, 3.8) is 0 Å². The SMILES string of the molecule is Cn1ncc2c(=O)n(CC(=O)Nc3nc(-c4cccnc4)cs3)cnc21. The molecule has 4 aromatic heterocycles. The average molecular weight is 367 g/mol. The molecule has 130 valence electrons. The fourth-order valence-electron chi connectivity index (χ4n) is 2.47. The fourth-order valence-corrected chi connectivity index (χ4v) is 3.21. The topological polar surface area (TPSA) is 108 Å².